The third kappa shape index (κ3) is 5.66. The Morgan fingerprint density at radius 1 is 1.09 bits per heavy atom. The van der Waals surface area contributed by atoms with Gasteiger partial charge in [-0.1, -0.05) is 13.3 Å². The molecule has 1 aliphatic heterocycles. The Morgan fingerprint density at radius 3 is 2.55 bits per heavy atom. The molecule has 8 nitrogen and oxygen atoms in total. The number of ether oxygens (including phenoxy) is 1. The molecule has 0 bridgehead atoms. The summed E-state index contributed by atoms with van der Waals surface area (Å²) in [4.78, 5) is 28.8. The van der Waals surface area contributed by atoms with E-state index in [1.807, 2.05) is 18.3 Å². The summed E-state index contributed by atoms with van der Waals surface area (Å²) < 4.78 is 8.19. The summed E-state index contributed by atoms with van der Waals surface area (Å²) in [5.41, 5.74) is 1.76. The Balaban J connectivity index is 1.41. The number of fused-ring (bicyclic) bond motifs is 1. The molecule has 1 aliphatic rings. The smallest absolute Gasteiger partial charge is 0.238 e. The zero-order chi connectivity index (χ0) is 23.4. The average molecular weight is 557 g/mol. The van der Waals surface area contributed by atoms with Crippen LogP contribution >= 0.6 is 0 Å². The molecule has 4 rings (SSSR count). The van der Waals surface area contributed by atoms with Crippen molar-refractivity contribution in [3.63, 3.8) is 0 Å². The average Bonchev–Trinajstić information content (AvgIpc) is 3.18. The Kier molecular flexibility index (Phi) is 7.53. The molecule has 0 N–H and O–H groups in total. The van der Waals surface area contributed by atoms with Crippen molar-refractivity contribution in [2.75, 3.05) is 37.7 Å². The van der Waals surface area contributed by atoms with Gasteiger partial charge < -0.3 is 4.74 Å². The number of aromatic nitrogens is 4. The van der Waals surface area contributed by atoms with E-state index in [9.17, 15) is 4.79 Å². The van der Waals surface area contributed by atoms with Crippen molar-refractivity contribution in [3.05, 3.63) is 42.2 Å². The van der Waals surface area contributed by atoms with Gasteiger partial charge in [0.15, 0.2) is 0 Å². The summed E-state index contributed by atoms with van der Waals surface area (Å²) in [6, 6.07) is 8.25. The number of unbranched alkanes of at least 4 members (excludes halogenated alkanes) is 1. The van der Waals surface area contributed by atoms with E-state index >= 15 is 0 Å². The second-order valence-electron chi connectivity index (χ2n) is 9.66. The predicted molar refractivity (Wildman–Crippen MR) is 134 cm³/mol. The molecule has 0 aromatic carbocycles. The van der Waals surface area contributed by atoms with Crippen molar-refractivity contribution in [1.29, 1.82) is 0 Å². The fourth-order valence-corrected chi connectivity index (χ4v) is 6.70. The molecule has 0 spiro atoms. The summed E-state index contributed by atoms with van der Waals surface area (Å²) in [5, 5.41) is 10.0. The van der Waals surface area contributed by atoms with Gasteiger partial charge in [0.1, 0.15) is 0 Å². The van der Waals surface area contributed by atoms with Crippen LogP contribution in [0.4, 0.5) is 10.6 Å². The number of hydrogen-bond acceptors (Lipinski definition) is 7. The topological polar surface area (TPSA) is 76.4 Å². The molecule has 3 aromatic rings. The molecule has 1 saturated heterocycles. The Labute approximate surface area is 199 Å². The Morgan fingerprint density at radius 2 is 1.88 bits per heavy atom. The van der Waals surface area contributed by atoms with Gasteiger partial charge in [0.25, 0.3) is 0 Å². The van der Waals surface area contributed by atoms with Crippen molar-refractivity contribution < 1.29 is 9.53 Å². The third-order valence-electron chi connectivity index (χ3n) is 6.08. The first kappa shape index (κ1) is 23.9. The standard InChI is InChI=1S/C21H25N6O2.3CH3.Sn/c1-2-3-14-29-21(28)27-16-17(18-6-4-8-22-20(18)27)15-25-10-12-26(13-11-25)19-7-5-9-23-24-19;;;;/h4-8,16H,2-3,10-15H2,1H3;3*1H3;. The number of hydrogen-bond donors (Lipinski definition) is 0. The SMILES string of the molecule is CCCCOC(=O)n1cc(CN2CCN(c3cc[c]([Sn]([CH3])([CH3])[CH3])nn3)CC2)c2cccnc21. The summed E-state index contributed by atoms with van der Waals surface area (Å²) in [7, 11) is 0. The number of anilines is 1. The fraction of sp³-hybridized carbons (Fsp3) is 0.500. The van der Waals surface area contributed by atoms with Gasteiger partial charge in [-0.25, -0.2) is 9.78 Å². The number of rotatable bonds is 7. The van der Waals surface area contributed by atoms with Crippen LogP contribution in [0.3, 0.4) is 0 Å². The minimum Gasteiger partial charge on any atom is -0.238 e. The van der Waals surface area contributed by atoms with Crippen LogP contribution in [-0.2, 0) is 11.3 Å². The molecule has 9 heteroatoms. The van der Waals surface area contributed by atoms with Gasteiger partial charge in [0.05, 0.1) is 6.61 Å². The number of carbonyl (C=O) groups excluding carboxylic acids is 1. The third-order valence-corrected chi connectivity index (χ3v) is 11.2. The van der Waals surface area contributed by atoms with Crippen LogP contribution in [0.2, 0.25) is 14.8 Å². The first-order valence-electron chi connectivity index (χ1n) is 11.8. The van der Waals surface area contributed by atoms with Crippen molar-refractivity contribution in [2.24, 2.45) is 0 Å². The maximum absolute atomic E-state index is 12.6. The van der Waals surface area contributed by atoms with Crippen LogP contribution in [0.5, 0.6) is 0 Å². The Hall–Kier alpha value is -2.20. The van der Waals surface area contributed by atoms with Crippen molar-refractivity contribution in [2.45, 2.75) is 41.1 Å². The minimum absolute atomic E-state index is 0.356. The summed E-state index contributed by atoms with van der Waals surface area (Å²) >= 11 is -2.18. The van der Waals surface area contributed by atoms with Crippen LogP contribution < -0.4 is 8.61 Å². The van der Waals surface area contributed by atoms with E-state index in [-0.39, 0.29) is 6.09 Å². The van der Waals surface area contributed by atoms with Crippen LogP contribution in [0.15, 0.2) is 36.7 Å². The Bertz CT molecular complexity index is 1080. The van der Waals surface area contributed by atoms with Crippen molar-refractivity contribution in [3.8, 4) is 0 Å². The van der Waals surface area contributed by atoms with Crippen molar-refractivity contribution in [1.82, 2.24) is 24.6 Å². The van der Waals surface area contributed by atoms with Crippen LogP contribution in [-0.4, -0.2) is 81.9 Å². The molecule has 4 heterocycles. The second-order valence-corrected chi connectivity index (χ2v) is 24.0. The minimum atomic E-state index is -2.18. The fourth-order valence-electron chi connectivity index (χ4n) is 4.03. The molecule has 33 heavy (non-hydrogen) atoms. The summed E-state index contributed by atoms with van der Waals surface area (Å²) in [6.45, 7) is 6.95. The van der Waals surface area contributed by atoms with Crippen LogP contribution in [0.1, 0.15) is 25.3 Å². The van der Waals surface area contributed by atoms with E-state index in [0.717, 1.165) is 62.3 Å². The monoisotopic (exact) mass is 558 g/mol. The summed E-state index contributed by atoms with van der Waals surface area (Å²) in [6.07, 6.45) is 5.11. The molecule has 0 atom stereocenters. The van der Waals surface area contributed by atoms with E-state index < -0.39 is 18.4 Å². The van der Waals surface area contributed by atoms with Gasteiger partial charge in [-0.05, 0) is 12.5 Å². The normalized spacial score (nSPS) is 15.2. The number of pyridine rings is 1. The second kappa shape index (κ2) is 10.4. The van der Waals surface area contributed by atoms with Gasteiger partial charge in [0.2, 0.25) is 0 Å². The molecule has 0 radical (unpaired) electrons. The van der Waals surface area contributed by atoms with Gasteiger partial charge in [-0.2, -0.15) is 0 Å². The number of nitrogens with zero attached hydrogens (tertiary/aromatic N) is 6. The van der Waals surface area contributed by atoms with Gasteiger partial charge >= 0.3 is 147 Å². The van der Waals surface area contributed by atoms with Crippen LogP contribution in [0, 0.1) is 0 Å². The zero-order valence-corrected chi connectivity index (χ0v) is 23.0. The maximum atomic E-state index is 12.6. The first-order chi connectivity index (χ1) is 15.9. The number of piperazine rings is 1. The first-order valence-corrected chi connectivity index (χ1v) is 21.8. The molecule has 1 fully saturated rings. The summed E-state index contributed by atoms with van der Waals surface area (Å²) in [5.74, 6) is 0.963. The van der Waals surface area contributed by atoms with Crippen molar-refractivity contribution >= 4 is 45.0 Å². The van der Waals surface area contributed by atoms with Gasteiger partial charge in [0, 0.05) is 6.20 Å². The van der Waals surface area contributed by atoms with Gasteiger partial charge in [-0.3, -0.25) is 0 Å². The van der Waals surface area contributed by atoms with Gasteiger partial charge in [-0.15, -0.1) is 0 Å². The van der Waals surface area contributed by atoms with E-state index in [0.29, 0.717) is 12.3 Å². The molecular weight excluding hydrogens is 523 g/mol. The number of carbonyl (C=O) groups is 1. The van der Waals surface area contributed by atoms with E-state index in [1.54, 1.807) is 10.8 Å². The van der Waals surface area contributed by atoms with E-state index in [2.05, 4.69) is 58.9 Å². The zero-order valence-electron chi connectivity index (χ0n) is 20.1. The molecule has 0 unspecified atom stereocenters. The molecule has 3 aromatic heterocycles. The molecule has 176 valence electrons. The van der Waals surface area contributed by atoms with Crippen LogP contribution in [0.25, 0.3) is 11.0 Å². The quantitative estimate of drug-likeness (QED) is 0.326. The van der Waals surface area contributed by atoms with E-state index in [1.165, 1.54) is 3.71 Å². The molecule has 0 saturated carbocycles. The molecule has 0 amide bonds. The molecular formula is C24H34N6O2Sn. The predicted octanol–water partition coefficient (Wildman–Crippen LogP) is 3.48. The van der Waals surface area contributed by atoms with E-state index in [4.69, 9.17) is 4.74 Å². The molecule has 0 aliphatic carbocycles.